The van der Waals surface area contributed by atoms with Crippen LogP contribution in [0, 0.1) is 6.92 Å². The minimum absolute atomic E-state index is 0.126. The maximum atomic E-state index is 11.9. The Balaban J connectivity index is 2.08. The van der Waals surface area contributed by atoms with Crippen LogP contribution in [0.5, 0.6) is 0 Å². The lowest BCUT2D eigenvalue weighted by molar-refractivity contribution is -0.127. The van der Waals surface area contributed by atoms with E-state index >= 15 is 0 Å². The van der Waals surface area contributed by atoms with E-state index in [1.165, 1.54) is 0 Å². The molecule has 0 radical (unpaired) electrons. The molecule has 1 amide bonds. The largest absolute Gasteiger partial charge is 0.358 e. The van der Waals surface area contributed by atoms with E-state index in [9.17, 15) is 4.79 Å². The number of rotatable bonds is 5. The summed E-state index contributed by atoms with van der Waals surface area (Å²) in [4.78, 5) is 22.3. The van der Waals surface area contributed by atoms with Crippen LogP contribution in [0.15, 0.2) is 6.20 Å². The summed E-state index contributed by atoms with van der Waals surface area (Å²) in [6.45, 7) is 5.66. The highest BCUT2D eigenvalue weighted by Crippen LogP contribution is 2.18. The van der Waals surface area contributed by atoms with Crippen molar-refractivity contribution in [3.05, 3.63) is 11.8 Å². The fraction of sp³-hybridized carbons (Fsp3) is 0.615. The van der Waals surface area contributed by atoms with Crippen LogP contribution in [-0.2, 0) is 4.79 Å². The molecule has 1 aliphatic heterocycles. The zero-order valence-corrected chi connectivity index (χ0v) is 11.7. The molecule has 1 fully saturated rings. The molecular weight excluding hydrogens is 242 g/mol. The number of likely N-dealkylation sites (N-methyl/N-ethyl adjacent to an activating group) is 1. The quantitative estimate of drug-likeness (QED) is 0.836. The van der Waals surface area contributed by atoms with Crippen molar-refractivity contribution >= 4 is 17.7 Å². The van der Waals surface area contributed by atoms with E-state index in [0.29, 0.717) is 5.95 Å². The molecule has 0 aliphatic carbocycles. The Morgan fingerprint density at radius 1 is 1.53 bits per heavy atom. The second-order valence-corrected chi connectivity index (χ2v) is 4.90. The highest BCUT2D eigenvalue weighted by Gasteiger charge is 2.29. The highest BCUT2D eigenvalue weighted by molar-refractivity contribution is 5.86. The van der Waals surface area contributed by atoms with E-state index in [0.717, 1.165) is 37.3 Å². The molecule has 1 atom stereocenters. The molecule has 2 N–H and O–H groups in total. The van der Waals surface area contributed by atoms with Gasteiger partial charge >= 0.3 is 0 Å². The maximum Gasteiger partial charge on any atom is 0.244 e. The minimum atomic E-state index is -0.169. The number of anilines is 2. The zero-order valence-electron chi connectivity index (χ0n) is 11.7. The van der Waals surface area contributed by atoms with Crippen molar-refractivity contribution in [3.63, 3.8) is 0 Å². The normalized spacial score (nSPS) is 18.8. The summed E-state index contributed by atoms with van der Waals surface area (Å²) in [7, 11) is 1.82. The lowest BCUT2D eigenvalue weighted by Crippen LogP contribution is -2.31. The average molecular weight is 263 g/mol. The molecule has 0 spiro atoms. The summed E-state index contributed by atoms with van der Waals surface area (Å²) in [5.41, 5.74) is 0.949. The van der Waals surface area contributed by atoms with Gasteiger partial charge in [-0.3, -0.25) is 4.79 Å². The summed E-state index contributed by atoms with van der Waals surface area (Å²) in [6, 6.07) is -0.169. The van der Waals surface area contributed by atoms with Gasteiger partial charge in [0.05, 0.1) is 0 Å². The van der Waals surface area contributed by atoms with Crippen molar-refractivity contribution in [2.24, 2.45) is 0 Å². The molecule has 1 unspecified atom stereocenters. The molecule has 2 heterocycles. The standard InChI is InChI=1S/C13H21N5O/c1-4-6-14-13-15-8-9(2)11(17-13)16-10-5-7-18(3)12(10)19/h8,10H,4-7H2,1-3H3,(H2,14,15,16,17). The molecule has 0 aromatic carbocycles. The number of carbonyl (C=O) groups excluding carboxylic acids is 1. The molecule has 0 bridgehead atoms. The van der Waals surface area contributed by atoms with Crippen LogP contribution in [0.3, 0.4) is 0 Å². The Kier molecular flexibility index (Phi) is 4.19. The molecule has 1 saturated heterocycles. The SMILES string of the molecule is CCCNc1ncc(C)c(NC2CCN(C)C2=O)n1. The van der Waals surface area contributed by atoms with Crippen molar-refractivity contribution in [1.82, 2.24) is 14.9 Å². The van der Waals surface area contributed by atoms with Crippen LogP contribution in [0.25, 0.3) is 0 Å². The number of hydrogen-bond acceptors (Lipinski definition) is 5. The Morgan fingerprint density at radius 2 is 2.32 bits per heavy atom. The van der Waals surface area contributed by atoms with E-state index in [1.807, 2.05) is 14.0 Å². The van der Waals surface area contributed by atoms with E-state index in [4.69, 9.17) is 0 Å². The molecule has 1 aromatic heterocycles. The lowest BCUT2D eigenvalue weighted by atomic mass is 10.2. The minimum Gasteiger partial charge on any atom is -0.358 e. The number of nitrogens with one attached hydrogen (secondary N) is 2. The number of aromatic nitrogens is 2. The monoisotopic (exact) mass is 263 g/mol. The van der Waals surface area contributed by atoms with Gasteiger partial charge in [0.15, 0.2) is 0 Å². The fourth-order valence-corrected chi connectivity index (χ4v) is 2.03. The first-order valence-electron chi connectivity index (χ1n) is 6.71. The summed E-state index contributed by atoms with van der Waals surface area (Å²) in [6.07, 6.45) is 3.61. The number of nitrogens with zero attached hydrogens (tertiary/aromatic N) is 3. The van der Waals surface area contributed by atoms with Crippen LogP contribution < -0.4 is 10.6 Å². The Bertz CT molecular complexity index is 462. The van der Waals surface area contributed by atoms with Gasteiger partial charge in [0, 0.05) is 31.9 Å². The Morgan fingerprint density at radius 3 is 2.95 bits per heavy atom. The third kappa shape index (κ3) is 3.13. The van der Waals surface area contributed by atoms with Crippen molar-refractivity contribution in [3.8, 4) is 0 Å². The summed E-state index contributed by atoms with van der Waals surface area (Å²) >= 11 is 0. The van der Waals surface area contributed by atoms with Gasteiger partial charge in [0.2, 0.25) is 11.9 Å². The Hall–Kier alpha value is -1.85. The first kappa shape index (κ1) is 13.6. The maximum absolute atomic E-state index is 11.9. The number of hydrogen-bond donors (Lipinski definition) is 2. The second-order valence-electron chi connectivity index (χ2n) is 4.90. The molecule has 1 aliphatic rings. The fourth-order valence-electron chi connectivity index (χ4n) is 2.03. The first-order valence-corrected chi connectivity index (χ1v) is 6.71. The summed E-state index contributed by atoms with van der Waals surface area (Å²) < 4.78 is 0. The van der Waals surface area contributed by atoms with Gasteiger partial charge in [0.25, 0.3) is 0 Å². The van der Waals surface area contributed by atoms with E-state index in [-0.39, 0.29) is 11.9 Å². The number of aryl methyl sites for hydroxylation is 1. The molecule has 2 rings (SSSR count). The number of likely N-dealkylation sites (tertiary alicyclic amines) is 1. The van der Waals surface area contributed by atoms with Crippen LogP contribution in [0.1, 0.15) is 25.3 Å². The molecular formula is C13H21N5O. The van der Waals surface area contributed by atoms with E-state index in [2.05, 4.69) is 27.5 Å². The zero-order chi connectivity index (χ0) is 13.8. The average Bonchev–Trinajstić information content (AvgIpc) is 2.71. The van der Waals surface area contributed by atoms with Crippen molar-refractivity contribution < 1.29 is 4.79 Å². The van der Waals surface area contributed by atoms with Gasteiger partial charge in [-0.25, -0.2) is 4.98 Å². The molecule has 1 aromatic rings. The predicted octanol–water partition coefficient (Wildman–Crippen LogP) is 1.25. The van der Waals surface area contributed by atoms with Crippen molar-refractivity contribution in [2.45, 2.75) is 32.7 Å². The number of amides is 1. The van der Waals surface area contributed by atoms with Crippen molar-refractivity contribution in [1.29, 1.82) is 0 Å². The topological polar surface area (TPSA) is 70.2 Å². The van der Waals surface area contributed by atoms with Gasteiger partial charge in [0.1, 0.15) is 11.9 Å². The molecule has 6 nitrogen and oxygen atoms in total. The third-order valence-electron chi connectivity index (χ3n) is 3.24. The Labute approximate surface area is 113 Å². The second kappa shape index (κ2) is 5.86. The summed E-state index contributed by atoms with van der Waals surface area (Å²) in [5, 5.41) is 6.37. The van der Waals surface area contributed by atoms with Gasteiger partial charge < -0.3 is 15.5 Å². The number of carbonyl (C=O) groups is 1. The van der Waals surface area contributed by atoms with Gasteiger partial charge in [-0.1, -0.05) is 6.92 Å². The van der Waals surface area contributed by atoms with E-state index < -0.39 is 0 Å². The van der Waals surface area contributed by atoms with Gasteiger partial charge in [-0.15, -0.1) is 0 Å². The molecule has 0 saturated carbocycles. The van der Waals surface area contributed by atoms with Crippen LogP contribution >= 0.6 is 0 Å². The van der Waals surface area contributed by atoms with Crippen LogP contribution in [-0.4, -0.2) is 47.0 Å². The summed E-state index contributed by atoms with van der Waals surface area (Å²) in [5.74, 6) is 1.47. The first-order chi connectivity index (χ1) is 9.11. The van der Waals surface area contributed by atoms with Gasteiger partial charge in [-0.2, -0.15) is 4.98 Å². The van der Waals surface area contributed by atoms with Crippen LogP contribution in [0.2, 0.25) is 0 Å². The third-order valence-corrected chi connectivity index (χ3v) is 3.24. The van der Waals surface area contributed by atoms with Gasteiger partial charge in [-0.05, 0) is 19.8 Å². The highest BCUT2D eigenvalue weighted by atomic mass is 16.2. The smallest absolute Gasteiger partial charge is 0.244 e. The van der Waals surface area contributed by atoms with E-state index in [1.54, 1.807) is 11.1 Å². The predicted molar refractivity (Wildman–Crippen MR) is 75.2 cm³/mol. The molecule has 104 valence electrons. The lowest BCUT2D eigenvalue weighted by Gasteiger charge is -2.15. The van der Waals surface area contributed by atoms with Crippen molar-refractivity contribution in [2.75, 3.05) is 30.8 Å². The molecule has 19 heavy (non-hydrogen) atoms. The molecule has 6 heteroatoms. The van der Waals surface area contributed by atoms with Crippen LogP contribution in [0.4, 0.5) is 11.8 Å².